The van der Waals surface area contributed by atoms with Crippen LogP contribution in [0, 0.1) is 6.92 Å². The number of anilines is 1. The number of halogens is 2. The number of benzene rings is 2. The van der Waals surface area contributed by atoms with Gasteiger partial charge >= 0.3 is 5.97 Å². The highest BCUT2D eigenvalue weighted by Gasteiger charge is 2.22. The third-order valence-corrected chi connectivity index (χ3v) is 4.39. The van der Waals surface area contributed by atoms with E-state index < -0.39 is 18.0 Å². The van der Waals surface area contributed by atoms with Crippen molar-refractivity contribution in [2.24, 2.45) is 0 Å². The minimum absolute atomic E-state index is 0.203. The maximum Gasteiger partial charge on any atom is 0.339 e. The van der Waals surface area contributed by atoms with Crippen molar-refractivity contribution in [2.45, 2.75) is 20.0 Å². The lowest BCUT2D eigenvalue weighted by molar-refractivity contribution is -0.123. The summed E-state index contributed by atoms with van der Waals surface area (Å²) >= 11 is 11.9. The van der Waals surface area contributed by atoms with Gasteiger partial charge < -0.3 is 19.5 Å². The Hall–Kier alpha value is -2.44. The Morgan fingerprint density at radius 2 is 1.63 bits per heavy atom. The Labute approximate surface area is 167 Å². The van der Waals surface area contributed by atoms with Crippen LogP contribution in [0.15, 0.2) is 30.3 Å². The topological polar surface area (TPSA) is 73.9 Å². The molecule has 0 radical (unpaired) electrons. The van der Waals surface area contributed by atoms with E-state index in [1.54, 1.807) is 19.1 Å². The molecule has 8 heteroatoms. The van der Waals surface area contributed by atoms with Crippen LogP contribution < -0.4 is 14.8 Å². The summed E-state index contributed by atoms with van der Waals surface area (Å²) in [5.41, 5.74) is 1.28. The molecule has 6 nitrogen and oxygen atoms in total. The van der Waals surface area contributed by atoms with Crippen molar-refractivity contribution in [1.29, 1.82) is 0 Å². The van der Waals surface area contributed by atoms with Crippen LogP contribution in [-0.2, 0) is 9.53 Å². The van der Waals surface area contributed by atoms with Crippen molar-refractivity contribution in [3.63, 3.8) is 0 Å². The maximum absolute atomic E-state index is 12.4. The smallest absolute Gasteiger partial charge is 0.339 e. The first-order valence-corrected chi connectivity index (χ1v) is 8.72. The lowest BCUT2D eigenvalue weighted by Gasteiger charge is -2.16. The first-order chi connectivity index (χ1) is 12.8. The lowest BCUT2D eigenvalue weighted by atomic mass is 10.1. The number of esters is 1. The summed E-state index contributed by atoms with van der Waals surface area (Å²) in [6, 6.07) is 7.71. The molecule has 1 amide bonds. The van der Waals surface area contributed by atoms with Crippen LogP contribution in [0.3, 0.4) is 0 Å². The van der Waals surface area contributed by atoms with Gasteiger partial charge in [0, 0.05) is 10.6 Å². The number of nitrogens with one attached hydrogen (secondary N) is 1. The molecule has 1 N–H and O–H groups in total. The minimum atomic E-state index is -1.06. The van der Waals surface area contributed by atoms with Gasteiger partial charge in [0.2, 0.25) is 0 Å². The van der Waals surface area contributed by atoms with Crippen molar-refractivity contribution < 1.29 is 23.8 Å². The van der Waals surface area contributed by atoms with Gasteiger partial charge in [-0.3, -0.25) is 4.79 Å². The molecule has 1 atom stereocenters. The fraction of sp³-hybridized carbons (Fsp3) is 0.263. The summed E-state index contributed by atoms with van der Waals surface area (Å²) in [7, 11) is 2.98. The predicted molar refractivity (Wildman–Crippen MR) is 104 cm³/mol. The molecule has 2 aromatic rings. The molecular weight excluding hydrogens is 393 g/mol. The first kappa shape index (κ1) is 20.9. The molecule has 0 saturated heterocycles. The second kappa shape index (κ2) is 8.97. The SMILES string of the molecule is COc1cc(C(=O)OC(C)C(=O)Nc2cc(Cl)ccc2Cl)cc(OC)c1C. The molecule has 2 rings (SSSR count). The Balaban J connectivity index is 2.13. The van der Waals surface area contributed by atoms with Crippen molar-refractivity contribution in [3.8, 4) is 11.5 Å². The minimum Gasteiger partial charge on any atom is -0.496 e. The molecule has 0 saturated carbocycles. The fourth-order valence-electron chi connectivity index (χ4n) is 2.31. The highest BCUT2D eigenvalue weighted by molar-refractivity contribution is 6.35. The highest BCUT2D eigenvalue weighted by atomic mass is 35.5. The number of carbonyl (C=O) groups is 2. The summed E-state index contributed by atoms with van der Waals surface area (Å²) in [6.45, 7) is 3.26. The van der Waals surface area contributed by atoms with Gasteiger partial charge in [0.05, 0.1) is 30.5 Å². The van der Waals surface area contributed by atoms with E-state index in [1.165, 1.54) is 39.3 Å². The molecule has 0 aromatic heterocycles. The van der Waals surface area contributed by atoms with Gasteiger partial charge in [-0.2, -0.15) is 0 Å². The zero-order valence-corrected chi connectivity index (χ0v) is 16.8. The Bertz CT molecular complexity index is 844. The Kier molecular flexibility index (Phi) is 6.93. The molecule has 0 bridgehead atoms. The second-order valence-corrected chi connectivity index (χ2v) is 6.51. The third kappa shape index (κ3) is 5.05. The van der Waals surface area contributed by atoms with Gasteiger partial charge in [0.1, 0.15) is 11.5 Å². The molecule has 144 valence electrons. The summed E-state index contributed by atoms with van der Waals surface area (Å²) in [5, 5.41) is 3.31. The normalized spacial score (nSPS) is 11.5. The van der Waals surface area contributed by atoms with Crippen molar-refractivity contribution in [1.82, 2.24) is 0 Å². The van der Waals surface area contributed by atoms with Crippen molar-refractivity contribution in [3.05, 3.63) is 51.5 Å². The Morgan fingerprint density at radius 3 is 2.19 bits per heavy atom. The van der Waals surface area contributed by atoms with E-state index in [1.807, 2.05) is 0 Å². The van der Waals surface area contributed by atoms with E-state index in [-0.39, 0.29) is 5.56 Å². The second-order valence-electron chi connectivity index (χ2n) is 5.67. The number of carbonyl (C=O) groups excluding carboxylic acids is 2. The van der Waals surface area contributed by atoms with Crippen LogP contribution >= 0.6 is 23.2 Å². The van der Waals surface area contributed by atoms with Gasteiger partial charge in [-0.1, -0.05) is 23.2 Å². The number of amides is 1. The molecule has 1 unspecified atom stereocenters. The van der Waals surface area contributed by atoms with Gasteiger partial charge in [-0.05, 0) is 44.2 Å². The Morgan fingerprint density at radius 1 is 1.04 bits per heavy atom. The quantitative estimate of drug-likeness (QED) is 0.708. The zero-order valence-electron chi connectivity index (χ0n) is 15.3. The van der Waals surface area contributed by atoms with Crippen molar-refractivity contribution >= 4 is 40.8 Å². The van der Waals surface area contributed by atoms with Crippen LogP contribution in [0.2, 0.25) is 10.0 Å². The molecule has 0 heterocycles. The molecule has 0 aliphatic carbocycles. The average Bonchev–Trinajstić information content (AvgIpc) is 2.64. The molecule has 27 heavy (non-hydrogen) atoms. The van der Waals surface area contributed by atoms with Crippen LogP contribution in [0.5, 0.6) is 11.5 Å². The standard InChI is InChI=1S/C19H19Cl2NO5/c1-10-16(25-3)7-12(8-17(10)26-4)19(24)27-11(2)18(23)22-15-9-13(20)5-6-14(15)21/h5-9,11H,1-4H3,(H,22,23). The molecular formula is C19H19Cl2NO5. The lowest BCUT2D eigenvalue weighted by Crippen LogP contribution is -2.30. The van der Waals surface area contributed by atoms with Crippen LogP contribution in [0.4, 0.5) is 5.69 Å². The summed E-state index contributed by atoms with van der Waals surface area (Å²) in [4.78, 5) is 24.7. The van der Waals surface area contributed by atoms with E-state index in [9.17, 15) is 9.59 Å². The van der Waals surface area contributed by atoms with Crippen LogP contribution in [0.1, 0.15) is 22.8 Å². The van der Waals surface area contributed by atoms with Gasteiger partial charge in [0.15, 0.2) is 6.10 Å². The van der Waals surface area contributed by atoms with E-state index in [0.29, 0.717) is 27.2 Å². The fourth-order valence-corrected chi connectivity index (χ4v) is 2.65. The largest absolute Gasteiger partial charge is 0.496 e. The summed E-state index contributed by atoms with van der Waals surface area (Å²) < 4.78 is 15.7. The molecule has 0 spiro atoms. The van der Waals surface area contributed by atoms with E-state index in [0.717, 1.165) is 5.56 Å². The van der Waals surface area contributed by atoms with Crippen LogP contribution in [0.25, 0.3) is 0 Å². The van der Waals surface area contributed by atoms with Gasteiger partial charge in [-0.15, -0.1) is 0 Å². The number of hydrogen-bond acceptors (Lipinski definition) is 5. The van der Waals surface area contributed by atoms with Crippen LogP contribution in [-0.4, -0.2) is 32.2 Å². The van der Waals surface area contributed by atoms with Gasteiger partial charge in [0.25, 0.3) is 5.91 Å². The number of rotatable bonds is 6. The van der Waals surface area contributed by atoms with E-state index >= 15 is 0 Å². The van der Waals surface area contributed by atoms with Crippen molar-refractivity contribution in [2.75, 3.05) is 19.5 Å². The van der Waals surface area contributed by atoms with Gasteiger partial charge in [-0.25, -0.2) is 4.79 Å². The predicted octanol–water partition coefficient (Wildman–Crippen LogP) is 4.50. The summed E-state index contributed by atoms with van der Waals surface area (Å²) in [5.74, 6) is -0.279. The average molecular weight is 412 g/mol. The molecule has 0 aliphatic heterocycles. The zero-order chi connectivity index (χ0) is 20.1. The number of hydrogen-bond donors (Lipinski definition) is 1. The summed E-state index contributed by atoms with van der Waals surface area (Å²) in [6.07, 6.45) is -1.06. The maximum atomic E-state index is 12.4. The molecule has 2 aromatic carbocycles. The third-order valence-electron chi connectivity index (χ3n) is 3.83. The molecule has 0 aliphatic rings. The highest BCUT2D eigenvalue weighted by Crippen LogP contribution is 2.30. The number of ether oxygens (including phenoxy) is 3. The van der Waals surface area contributed by atoms with E-state index in [4.69, 9.17) is 37.4 Å². The first-order valence-electron chi connectivity index (χ1n) is 7.96. The molecule has 0 fully saturated rings. The van der Waals surface area contributed by atoms with E-state index in [2.05, 4.69) is 5.32 Å². The monoisotopic (exact) mass is 411 g/mol. The number of methoxy groups -OCH3 is 2.